The van der Waals surface area contributed by atoms with Gasteiger partial charge in [0.05, 0.1) is 22.8 Å². The van der Waals surface area contributed by atoms with E-state index in [0.717, 1.165) is 5.56 Å². The van der Waals surface area contributed by atoms with Gasteiger partial charge in [0, 0.05) is 16.6 Å². The Morgan fingerprint density at radius 2 is 1.76 bits per heavy atom. The SMILES string of the molecule is CCn1c(C(C)NS(=O)(=O)c2cc(Cl)cc(Cl)c2)cnc1Oc1ccc(C)cc1. The average molecular weight is 454 g/mol. The number of rotatable bonds is 7. The number of hydrogen-bond donors (Lipinski definition) is 1. The van der Waals surface area contributed by atoms with Crippen molar-refractivity contribution in [2.24, 2.45) is 0 Å². The van der Waals surface area contributed by atoms with Crippen LogP contribution < -0.4 is 9.46 Å². The zero-order valence-corrected chi connectivity index (χ0v) is 18.5. The number of hydrogen-bond acceptors (Lipinski definition) is 4. The van der Waals surface area contributed by atoms with E-state index in [4.69, 9.17) is 27.9 Å². The lowest BCUT2D eigenvalue weighted by Crippen LogP contribution is -2.28. The summed E-state index contributed by atoms with van der Waals surface area (Å²) in [5, 5.41) is 0.496. The van der Waals surface area contributed by atoms with E-state index in [1.807, 2.05) is 42.7 Å². The van der Waals surface area contributed by atoms with E-state index >= 15 is 0 Å². The highest BCUT2D eigenvalue weighted by molar-refractivity contribution is 7.89. The Morgan fingerprint density at radius 3 is 2.34 bits per heavy atom. The Kier molecular flexibility index (Phi) is 6.53. The summed E-state index contributed by atoms with van der Waals surface area (Å²) in [6, 6.07) is 11.6. The molecule has 1 N–H and O–H groups in total. The highest BCUT2D eigenvalue weighted by Crippen LogP contribution is 2.27. The number of sulfonamides is 1. The molecular weight excluding hydrogens is 433 g/mol. The second kappa shape index (κ2) is 8.75. The third-order valence-electron chi connectivity index (χ3n) is 4.32. The molecule has 0 saturated carbocycles. The molecule has 1 aromatic heterocycles. The molecule has 9 heteroatoms. The molecule has 0 fully saturated rings. The monoisotopic (exact) mass is 453 g/mol. The van der Waals surface area contributed by atoms with Gasteiger partial charge in [0.2, 0.25) is 10.0 Å². The summed E-state index contributed by atoms with van der Waals surface area (Å²) in [4.78, 5) is 4.32. The van der Waals surface area contributed by atoms with Gasteiger partial charge < -0.3 is 4.74 Å². The second-order valence-electron chi connectivity index (χ2n) is 6.57. The first-order valence-corrected chi connectivity index (χ1v) is 11.2. The molecule has 0 bridgehead atoms. The molecule has 2 aromatic carbocycles. The lowest BCUT2D eigenvalue weighted by Gasteiger charge is -2.17. The summed E-state index contributed by atoms with van der Waals surface area (Å²) in [5.41, 5.74) is 1.80. The van der Waals surface area contributed by atoms with Gasteiger partial charge in [-0.3, -0.25) is 4.57 Å². The molecule has 0 aliphatic heterocycles. The fourth-order valence-corrected chi connectivity index (χ4v) is 4.81. The summed E-state index contributed by atoms with van der Waals surface area (Å²) >= 11 is 11.9. The van der Waals surface area contributed by atoms with Gasteiger partial charge in [0.25, 0.3) is 0 Å². The second-order valence-corrected chi connectivity index (χ2v) is 9.16. The molecule has 0 aliphatic rings. The minimum Gasteiger partial charge on any atom is -0.426 e. The van der Waals surface area contributed by atoms with Gasteiger partial charge in [-0.1, -0.05) is 40.9 Å². The predicted molar refractivity (Wildman–Crippen MR) is 114 cm³/mol. The number of halogens is 2. The average Bonchev–Trinajstić information content (AvgIpc) is 3.05. The standard InChI is InChI=1S/C20H21Cl2N3O3S/c1-4-25-19(12-23-20(25)28-17-7-5-13(2)6-8-17)14(3)24-29(26,27)18-10-15(21)9-16(22)11-18/h5-12,14,24H,4H2,1-3H3. The highest BCUT2D eigenvalue weighted by atomic mass is 35.5. The smallest absolute Gasteiger partial charge is 0.302 e. The molecule has 0 aliphatic carbocycles. The van der Waals surface area contributed by atoms with E-state index in [1.165, 1.54) is 18.2 Å². The number of aryl methyl sites for hydroxylation is 1. The molecule has 29 heavy (non-hydrogen) atoms. The third-order valence-corrected chi connectivity index (χ3v) is 6.27. The highest BCUT2D eigenvalue weighted by Gasteiger charge is 2.23. The van der Waals surface area contributed by atoms with Gasteiger partial charge in [0.15, 0.2) is 0 Å². The van der Waals surface area contributed by atoms with Crippen LogP contribution in [0.15, 0.2) is 53.6 Å². The van der Waals surface area contributed by atoms with Crippen molar-refractivity contribution in [1.29, 1.82) is 0 Å². The van der Waals surface area contributed by atoms with Crippen LogP contribution in [-0.4, -0.2) is 18.0 Å². The summed E-state index contributed by atoms with van der Waals surface area (Å²) in [6.07, 6.45) is 1.60. The Hall–Kier alpha value is -2.06. The van der Waals surface area contributed by atoms with Gasteiger partial charge in [-0.15, -0.1) is 0 Å². The molecule has 154 valence electrons. The molecule has 1 heterocycles. The molecule has 0 spiro atoms. The number of benzene rings is 2. The molecule has 6 nitrogen and oxygen atoms in total. The summed E-state index contributed by atoms with van der Waals surface area (Å²) < 4.78 is 35.9. The minimum absolute atomic E-state index is 0.000502. The molecule has 3 rings (SSSR count). The van der Waals surface area contributed by atoms with Gasteiger partial charge in [0.1, 0.15) is 5.75 Å². The Bertz CT molecular complexity index is 1090. The van der Waals surface area contributed by atoms with Gasteiger partial charge in [-0.2, -0.15) is 0 Å². The zero-order valence-electron chi connectivity index (χ0n) is 16.2. The zero-order chi connectivity index (χ0) is 21.2. The number of nitrogens with one attached hydrogen (secondary N) is 1. The van der Waals surface area contributed by atoms with Gasteiger partial charge >= 0.3 is 6.01 Å². The molecular formula is C20H21Cl2N3O3S. The van der Waals surface area contributed by atoms with Crippen molar-refractivity contribution in [2.45, 2.75) is 38.3 Å². The van der Waals surface area contributed by atoms with E-state index < -0.39 is 16.1 Å². The number of ether oxygens (including phenoxy) is 1. The Morgan fingerprint density at radius 1 is 1.14 bits per heavy atom. The number of nitrogens with zero attached hydrogens (tertiary/aromatic N) is 2. The first-order valence-electron chi connectivity index (χ1n) is 8.98. The van der Waals surface area contributed by atoms with Crippen molar-refractivity contribution in [3.8, 4) is 11.8 Å². The molecule has 3 aromatic rings. The van der Waals surface area contributed by atoms with Gasteiger partial charge in [-0.25, -0.2) is 18.1 Å². The van der Waals surface area contributed by atoms with Crippen molar-refractivity contribution in [1.82, 2.24) is 14.3 Å². The van der Waals surface area contributed by atoms with Crippen LogP contribution in [0.25, 0.3) is 0 Å². The number of aromatic nitrogens is 2. The van der Waals surface area contributed by atoms with E-state index in [9.17, 15) is 8.42 Å². The van der Waals surface area contributed by atoms with Crippen LogP contribution in [0.5, 0.6) is 11.8 Å². The molecule has 1 unspecified atom stereocenters. The molecule has 0 amide bonds. The fraction of sp³-hybridized carbons (Fsp3) is 0.250. The van der Waals surface area contributed by atoms with Crippen LogP contribution in [0.4, 0.5) is 0 Å². The normalized spacial score (nSPS) is 12.7. The first-order chi connectivity index (χ1) is 13.7. The van der Waals surface area contributed by atoms with E-state index in [-0.39, 0.29) is 14.9 Å². The first kappa shape index (κ1) is 21.6. The maximum absolute atomic E-state index is 12.8. The van der Waals surface area contributed by atoms with Crippen molar-refractivity contribution < 1.29 is 13.2 Å². The minimum atomic E-state index is -3.83. The lowest BCUT2D eigenvalue weighted by molar-refractivity contribution is 0.408. The van der Waals surface area contributed by atoms with Crippen molar-refractivity contribution in [3.63, 3.8) is 0 Å². The predicted octanol–water partition coefficient (Wildman–Crippen LogP) is 5.35. The van der Waals surface area contributed by atoms with E-state index in [0.29, 0.717) is 24.0 Å². The summed E-state index contributed by atoms with van der Waals surface area (Å²) in [7, 11) is -3.83. The molecule has 1 atom stereocenters. The van der Waals surface area contributed by atoms with Crippen LogP contribution in [0.3, 0.4) is 0 Å². The maximum atomic E-state index is 12.8. The largest absolute Gasteiger partial charge is 0.426 e. The van der Waals surface area contributed by atoms with Crippen molar-refractivity contribution in [3.05, 3.63) is 70.0 Å². The van der Waals surface area contributed by atoms with Crippen LogP contribution in [0.1, 0.15) is 31.1 Å². The Labute approximate surface area is 180 Å². The molecule has 0 radical (unpaired) electrons. The van der Waals surface area contributed by atoms with Crippen LogP contribution in [0, 0.1) is 6.92 Å². The summed E-state index contributed by atoms with van der Waals surface area (Å²) in [5.74, 6) is 0.657. The van der Waals surface area contributed by atoms with Crippen molar-refractivity contribution >= 4 is 33.2 Å². The third kappa shape index (κ3) is 5.11. The van der Waals surface area contributed by atoms with Crippen LogP contribution >= 0.6 is 23.2 Å². The number of imidazole rings is 1. The topological polar surface area (TPSA) is 73.2 Å². The van der Waals surface area contributed by atoms with E-state index in [1.54, 1.807) is 13.1 Å². The van der Waals surface area contributed by atoms with Crippen LogP contribution in [-0.2, 0) is 16.6 Å². The quantitative estimate of drug-likeness (QED) is 0.522. The maximum Gasteiger partial charge on any atom is 0.302 e. The molecule has 0 saturated heterocycles. The lowest BCUT2D eigenvalue weighted by atomic mass is 10.2. The summed E-state index contributed by atoms with van der Waals surface area (Å²) in [6.45, 7) is 6.23. The Balaban J connectivity index is 1.84. The van der Waals surface area contributed by atoms with Crippen LogP contribution in [0.2, 0.25) is 10.0 Å². The van der Waals surface area contributed by atoms with Crippen molar-refractivity contribution in [2.75, 3.05) is 0 Å². The van der Waals surface area contributed by atoms with E-state index in [2.05, 4.69) is 9.71 Å². The fourth-order valence-electron chi connectivity index (χ4n) is 2.87. The van der Waals surface area contributed by atoms with Gasteiger partial charge in [-0.05, 0) is 51.1 Å².